The molecule has 15 heavy (non-hydrogen) atoms. The predicted octanol–water partition coefficient (Wildman–Crippen LogP) is 0.604. The molecule has 0 bridgehead atoms. The van der Waals surface area contributed by atoms with Gasteiger partial charge in [0.1, 0.15) is 0 Å². The molecule has 0 aliphatic rings. The van der Waals surface area contributed by atoms with E-state index in [0.717, 1.165) is 6.42 Å². The second-order valence-corrected chi connectivity index (χ2v) is 4.10. The van der Waals surface area contributed by atoms with Crippen molar-refractivity contribution < 1.29 is 9.90 Å². The van der Waals surface area contributed by atoms with Crippen LogP contribution in [0.15, 0.2) is 0 Å². The molecule has 4 heteroatoms. The maximum atomic E-state index is 11.6. The molecule has 0 aliphatic heterocycles. The summed E-state index contributed by atoms with van der Waals surface area (Å²) in [5, 5.41) is 11.9. The summed E-state index contributed by atoms with van der Waals surface area (Å²) in [6.07, 6.45) is 1.63. The van der Waals surface area contributed by atoms with E-state index in [-0.39, 0.29) is 24.6 Å². The van der Waals surface area contributed by atoms with Gasteiger partial charge in [0.15, 0.2) is 0 Å². The fourth-order valence-corrected chi connectivity index (χ4v) is 1.25. The molecule has 0 saturated heterocycles. The first kappa shape index (κ1) is 14.4. The summed E-state index contributed by atoms with van der Waals surface area (Å²) in [6.45, 7) is 6.54. The van der Waals surface area contributed by atoms with Gasteiger partial charge >= 0.3 is 0 Å². The lowest BCUT2D eigenvalue weighted by molar-refractivity contribution is -0.130. The Hall–Kier alpha value is -0.610. The van der Waals surface area contributed by atoms with Crippen LogP contribution in [0.3, 0.4) is 0 Å². The second kappa shape index (κ2) is 7.65. The SMILES string of the molecule is CCC(CCO)NCC(=O)N(C)C(C)C. The Morgan fingerprint density at radius 3 is 2.47 bits per heavy atom. The smallest absolute Gasteiger partial charge is 0.236 e. The highest BCUT2D eigenvalue weighted by Gasteiger charge is 2.13. The molecule has 90 valence electrons. The zero-order valence-electron chi connectivity index (χ0n) is 10.3. The van der Waals surface area contributed by atoms with Gasteiger partial charge in [-0.3, -0.25) is 4.79 Å². The van der Waals surface area contributed by atoms with Gasteiger partial charge in [0.25, 0.3) is 0 Å². The average Bonchev–Trinajstić information content (AvgIpc) is 2.22. The average molecular weight is 216 g/mol. The van der Waals surface area contributed by atoms with E-state index in [1.165, 1.54) is 0 Å². The van der Waals surface area contributed by atoms with E-state index in [1.807, 2.05) is 27.8 Å². The zero-order valence-corrected chi connectivity index (χ0v) is 10.3. The molecule has 0 aromatic carbocycles. The number of nitrogens with one attached hydrogen (secondary N) is 1. The zero-order chi connectivity index (χ0) is 11.8. The molecule has 0 fully saturated rings. The van der Waals surface area contributed by atoms with Crippen LogP contribution in [0.2, 0.25) is 0 Å². The molecule has 0 aliphatic carbocycles. The highest BCUT2D eigenvalue weighted by molar-refractivity contribution is 5.78. The van der Waals surface area contributed by atoms with Crippen molar-refractivity contribution in [2.24, 2.45) is 0 Å². The summed E-state index contributed by atoms with van der Waals surface area (Å²) in [5.41, 5.74) is 0. The monoisotopic (exact) mass is 216 g/mol. The first-order chi connectivity index (χ1) is 7.02. The van der Waals surface area contributed by atoms with Crippen molar-refractivity contribution in [2.45, 2.75) is 45.7 Å². The summed E-state index contributed by atoms with van der Waals surface area (Å²) in [7, 11) is 1.81. The number of carbonyl (C=O) groups excluding carboxylic acids is 1. The maximum absolute atomic E-state index is 11.6. The lowest BCUT2D eigenvalue weighted by atomic mass is 10.1. The third-order valence-electron chi connectivity index (χ3n) is 2.68. The summed E-state index contributed by atoms with van der Waals surface area (Å²) in [6, 6.07) is 0.469. The van der Waals surface area contributed by atoms with E-state index in [2.05, 4.69) is 5.32 Å². The van der Waals surface area contributed by atoms with Crippen LogP contribution in [0.25, 0.3) is 0 Å². The van der Waals surface area contributed by atoms with E-state index >= 15 is 0 Å². The van der Waals surface area contributed by atoms with Gasteiger partial charge in [-0.2, -0.15) is 0 Å². The summed E-state index contributed by atoms with van der Waals surface area (Å²) >= 11 is 0. The number of nitrogens with zero attached hydrogens (tertiary/aromatic N) is 1. The standard InChI is InChI=1S/C11H24N2O2/c1-5-10(6-7-14)12-8-11(15)13(4)9(2)3/h9-10,12,14H,5-8H2,1-4H3. The van der Waals surface area contributed by atoms with Crippen LogP contribution in [0.4, 0.5) is 0 Å². The van der Waals surface area contributed by atoms with E-state index in [1.54, 1.807) is 4.90 Å². The Kier molecular flexibility index (Phi) is 7.34. The number of likely N-dealkylation sites (N-methyl/N-ethyl adjacent to an activating group) is 1. The summed E-state index contributed by atoms with van der Waals surface area (Å²) < 4.78 is 0. The molecule has 1 amide bonds. The van der Waals surface area contributed by atoms with Crippen molar-refractivity contribution in [1.29, 1.82) is 0 Å². The summed E-state index contributed by atoms with van der Waals surface area (Å²) in [4.78, 5) is 13.3. The minimum Gasteiger partial charge on any atom is -0.396 e. The van der Waals surface area contributed by atoms with Gasteiger partial charge < -0.3 is 15.3 Å². The van der Waals surface area contributed by atoms with E-state index in [9.17, 15) is 4.79 Å². The first-order valence-electron chi connectivity index (χ1n) is 5.62. The number of aliphatic hydroxyl groups excluding tert-OH is 1. The van der Waals surface area contributed by atoms with Crippen molar-refractivity contribution in [2.75, 3.05) is 20.2 Å². The number of amides is 1. The number of carbonyl (C=O) groups is 1. The topological polar surface area (TPSA) is 52.6 Å². The van der Waals surface area contributed by atoms with Crippen LogP contribution in [-0.2, 0) is 4.79 Å². The molecular formula is C11H24N2O2. The molecule has 1 unspecified atom stereocenters. The van der Waals surface area contributed by atoms with E-state index in [4.69, 9.17) is 5.11 Å². The van der Waals surface area contributed by atoms with Crippen molar-refractivity contribution >= 4 is 5.91 Å². The molecule has 1 atom stereocenters. The van der Waals surface area contributed by atoms with Gasteiger partial charge in [0.2, 0.25) is 5.91 Å². The van der Waals surface area contributed by atoms with Gasteiger partial charge in [-0.25, -0.2) is 0 Å². The first-order valence-corrected chi connectivity index (χ1v) is 5.62. The van der Waals surface area contributed by atoms with Crippen LogP contribution in [0.1, 0.15) is 33.6 Å². The molecule has 0 rings (SSSR count). The minimum absolute atomic E-state index is 0.0985. The van der Waals surface area contributed by atoms with Crippen molar-refractivity contribution in [3.05, 3.63) is 0 Å². The highest BCUT2D eigenvalue weighted by atomic mass is 16.3. The van der Waals surface area contributed by atoms with E-state index in [0.29, 0.717) is 13.0 Å². The normalized spacial score (nSPS) is 12.9. The van der Waals surface area contributed by atoms with Gasteiger partial charge in [-0.1, -0.05) is 6.92 Å². The van der Waals surface area contributed by atoms with Crippen molar-refractivity contribution in [1.82, 2.24) is 10.2 Å². The van der Waals surface area contributed by atoms with Gasteiger partial charge in [-0.05, 0) is 26.7 Å². The number of hydrogen-bond acceptors (Lipinski definition) is 3. The molecule has 0 aromatic rings. The molecule has 4 nitrogen and oxygen atoms in total. The fraction of sp³-hybridized carbons (Fsp3) is 0.909. The fourth-order valence-electron chi connectivity index (χ4n) is 1.25. The van der Waals surface area contributed by atoms with Gasteiger partial charge in [0, 0.05) is 25.7 Å². The predicted molar refractivity (Wildman–Crippen MR) is 61.7 cm³/mol. The minimum atomic E-state index is 0.0985. The van der Waals surface area contributed by atoms with Crippen molar-refractivity contribution in [3.63, 3.8) is 0 Å². The van der Waals surface area contributed by atoms with E-state index < -0.39 is 0 Å². The van der Waals surface area contributed by atoms with Crippen LogP contribution in [-0.4, -0.2) is 48.2 Å². The Bertz CT molecular complexity index is 183. The highest BCUT2D eigenvalue weighted by Crippen LogP contribution is 1.98. The Balaban J connectivity index is 3.87. The number of rotatable bonds is 7. The molecule has 2 N–H and O–H groups in total. The van der Waals surface area contributed by atoms with Gasteiger partial charge in [-0.15, -0.1) is 0 Å². The third-order valence-corrected chi connectivity index (χ3v) is 2.68. The largest absolute Gasteiger partial charge is 0.396 e. The van der Waals surface area contributed by atoms with Crippen LogP contribution < -0.4 is 5.32 Å². The Labute approximate surface area is 92.7 Å². The molecule has 0 saturated carbocycles. The number of hydrogen-bond donors (Lipinski definition) is 2. The molecule has 0 radical (unpaired) electrons. The Morgan fingerprint density at radius 1 is 1.47 bits per heavy atom. The maximum Gasteiger partial charge on any atom is 0.236 e. The molecule has 0 heterocycles. The van der Waals surface area contributed by atoms with Crippen LogP contribution in [0, 0.1) is 0 Å². The molecule has 0 aromatic heterocycles. The Morgan fingerprint density at radius 2 is 2.07 bits per heavy atom. The molecule has 0 spiro atoms. The summed E-state index contributed by atoms with van der Waals surface area (Å²) in [5.74, 6) is 0.0985. The lowest BCUT2D eigenvalue weighted by Crippen LogP contribution is -2.42. The third kappa shape index (κ3) is 5.74. The number of aliphatic hydroxyl groups is 1. The van der Waals surface area contributed by atoms with Crippen LogP contribution in [0.5, 0.6) is 0 Å². The van der Waals surface area contributed by atoms with Crippen molar-refractivity contribution in [3.8, 4) is 0 Å². The molecular weight excluding hydrogens is 192 g/mol. The lowest BCUT2D eigenvalue weighted by Gasteiger charge is -2.23. The van der Waals surface area contributed by atoms with Crippen LogP contribution >= 0.6 is 0 Å². The quantitative estimate of drug-likeness (QED) is 0.655. The second-order valence-electron chi connectivity index (χ2n) is 4.10. The van der Waals surface area contributed by atoms with Gasteiger partial charge in [0.05, 0.1) is 6.54 Å².